The first-order valence-corrected chi connectivity index (χ1v) is 11.4. The maximum atomic E-state index is 13.4. The molecule has 1 aliphatic rings. The Morgan fingerprint density at radius 1 is 1.03 bits per heavy atom. The molecule has 0 aliphatic carbocycles. The maximum absolute atomic E-state index is 13.4. The summed E-state index contributed by atoms with van der Waals surface area (Å²) < 4.78 is 22.7. The van der Waals surface area contributed by atoms with E-state index in [2.05, 4.69) is 27.9 Å². The summed E-state index contributed by atoms with van der Waals surface area (Å²) in [6.45, 7) is 3.84. The number of nitrogens with one attached hydrogen (secondary N) is 1. The van der Waals surface area contributed by atoms with Gasteiger partial charge in [0.25, 0.3) is 11.8 Å². The Bertz CT molecular complexity index is 1150. The van der Waals surface area contributed by atoms with E-state index in [1.807, 2.05) is 13.8 Å². The molecule has 1 fully saturated rings. The van der Waals surface area contributed by atoms with E-state index in [9.17, 15) is 9.59 Å². The van der Waals surface area contributed by atoms with E-state index in [-0.39, 0.29) is 16.8 Å². The van der Waals surface area contributed by atoms with Crippen LogP contribution in [-0.4, -0.2) is 44.4 Å². The second-order valence-electron chi connectivity index (χ2n) is 7.20. The fourth-order valence-electron chi connectivity index (χ4n) is 3.19. The van der Waals surface area contributed by atoms with Gasteiger partial charge in [-0.05, 0) is 84.6 Å². The summed E-state index contributed by atoms with van der Waals surface area (Å²) in [5, 5.41) is 2.53. The zero-order chi connectivity index (χ0) is 24.3. The maximum Gasteiger partial charge on any atom is 0.270 e. The predicted octanol–water partition coefficient (Wildman–Crippen LogP) is 3.94. The number of hydrogen-bond donors (Lipinski definition) is 1. The van der Waals surface area contributed by atoms with Crippen LogP contribution in [0.25, 0.3) is 6.08 Å². The summed E-state index contributed by atoms with van der Waals surface area (Å²) in [6.07, 6.45) is 1.45. The number of ether oxygens (including phenoxy) is 4. The highest BCUT2D eigenvalue weighted by atomic mass is 127. The van der Waals surface area contributed by atoms with Crippen molar-refractivity contribution in [3.8, 4) is 23.0 Å². The molecule has 0 bridgehead atoms. The third kappa shape index (κ3) is 5.22. The minimum atomic E-state index is -0.592. The Balaban J connectivity index is 2.06. The Hall–Kier alpha value is -2.86. The van der Waals surface area contributed by atoms with Gasteiger partial charge in [-0.2, -0.15) is 0 Å². The van der Waals surface area contributed by atoms with Gasteiger partial charge in [-0.25, -0.2) is 4.90 Å². The number of rotatable bonds is 7. The molecule has 33 heavy (non-hydrogen) atoms. The minimum absolute atomic E-state index is 0.0431. The predicted molar refractivity (Wildman–Crippen MR) is 137 cm³/mol. The van der Waals surface area contributed by atoms with Crippen molar-refractivity contribution in [3.05, 3.63) is 45.0 Å². The van der Waals surface area contributed by atoms with Gasteiger partial charge in [0.05, 0.1) is 36.7 Å². The Kier molecular flexibility index (Phi) is 7.80. The van der Waals surface area contributed by atoms with E-state index in [4.69, 9.17) is 31.2 Å². The first-order valence-electron chi connectivity index (χ1n) is 9.87. The highest BCUT2D eigenvalue weighted by Crippen LogP contribution is 2.37. The van der Waals surface area contributed by atoms with Crippen LogP contribution in [0.3, 0.4) is 0 Å². The molecular formula is C23H23IN2O6S. The SMILES string of the molecule is COc1ccc(N2C(=O)/C(=C/c3cc(I)c(OC(C)C)c(OC)c3)C(=O)NC2=S)c(OC)c1. The van der Waals surface area contributed by atoms with E-state index in [0.29, 0.717) is 34.2 Å². The third-order valence-corrected chi connectivity index (χ3v) is 5.73. The van der Waals surface area contributed by atoms with Crippen molar-refractivity contribution in [2.75, 3.05) is 26.2 Å². The molecule has 174 valence electrons. The van der Waals surface area contributed by atoms with Crippen LogP contribution in [0.2, 0.25) is 0 Å². The molecule has 0 spiro atoms. The largest absolute Gasteiger partial charge is 0.497 e. The van der Waals surface area contributed by atoms with Crippen molar-refractivity contribution >= 4 is 63.5 Å². The van der Waals surface area contributed by atoms with Gasteiger partial charge >= 0.3 is 0 Å². The number of carbonyl (C=O) groups is 2. The zero-order valence-electron chi connectivity index (χ0n) is 18.7. The standard InChI is InChI=1S/C23H23IN2O6S/c1-12(2)32-20-16(24)9-13(10-19(20)31-5)8-15-21(27)25-23(33)26(22(15)28)17-7-6-14(29-3)11-18(17)30-4/h6-12H,1-5H3,(H,25,27,33)/b15-8+. The molecular weight excluding hydrogens is 559 g/mol. The molecule has 1 heterocycles. The van der Waals surface area contributed by atoms with Crippen molar-refractivity contribution in [1.29, 1.82) is 0 Å². The molecule has 2 aromatic rings. The summed E-state index contributed by atoms with van der Waals surface area (Å²) in [5.74, 6) is 0.841. The van der Waals surface area contributed by atoms with Crippen LogP contribution in [0.5, 0.6) is 23.0 Å². The first-order chi connectivity index (χ1) is 15.7. The molecule has 1 N–H and O–H groups in total. The second-order valence-corrected chi connectivity index (χ2v) is 8.75. The highest BCUT2D eigenvalue weighted by molar-refractivity contribution is 14.1. The van der Waals surface area contributed by atoms with E-state index < -0.39 is 11.8 Å². The summed E-state index contributed by atoms with van der Waals surface area (Å²) in [6, 6.07) is 8.46. The average Bonchev–Trinajstić information content (AvgIpc) is 2.77. The van der Waals surface area contributed by atoms with Crippen molar-refractivity contribution in [2.45, 2.75) is 20.0 Å². The molecule has 8 nitrogen and oxygen atoms in total. The number of methoxy groups -OCH3 is 3. The second kappa shape index (κ2) is 10.4. The van der Waals surface area contributed by atoms with Gasteiger partial charge < -0.3 is 18.9 Å². The van der Waals surface area contributed by atoms with Gasteiger partial charge in [-0.1, -0.05) is 0 Å². The van der Waals surface area contributed by atoms with Gasteiger partial charge in [0, 0.05) is 6.07 Å². The highest BCUT2D eigenvalue weighted by Gasteiger charge is 2.36. The number of halogens is 1. The van der Waals surface area contributed by atoms with Crippen molar-refractivity contribution in [1.82, 2.24) is 5.32 Å². The van der Waals surface area contributed by atoms with E-state index in [1.165, 1.54) is 32.3 Å². The fraction of sp³-hybridized carbons (Fsp3) is 0.261. The number of nitrogens with zero attached hydrogens (tertiary/aromatic N) is 1. The number of amides is 2. The Labute approximate surface area is 211 Å². The van der Waals surface area contributed by atoms with E-state index in [1.54, 1.807) is 30.3 Å². The van der Waals surface area contributed by atoms with E-state index in [0.717, 1.165) is 3.57 Å². The van der Waals surface area contributed by atoms with Gasteiger partial charge in [0.2, 0.25) is 0 Å². The zero-order valence-corrected chi connectivity index (χ0v) is 21.7. The van der Waals surface area contributed by atoms with E-state index >= 15 is 0 Å². The Morgan fingerprint density at radius 2 is 1.73 bits per heavy atom. The van der Waals surface area contributed by atoms with Crippen LogP contribution in [0, 0.1) is 3.57 Å². The van der Waals surface area contributed by atoms with Crippen molar-refractivity contribution in [3.63, 3.8) is 0 Å². The normalized spacial score (nSPS) is 15.1. The monoisotopic (exact) mass is 582 g/mol. The molecule has 0 aromatic heterocycles. The average molecular weight is 582 g/mol. The molecule has 1 saturated heterocycles. The minimum Gasteiger partial charge on any atom is -0.497 e. The lowest BCUT2D eigenvalue weighted by Crippen LogP contribution is -2.54. The molecule has 2 amide bonds. The lowest BCUT2D eigenvalue weighted by Gasteiger charge is -2.30. The number of carbonyl (C=O) groups excluding carboxylic acids is 2. The summed E-state index contributed by atoms with van der Waals surface area (Å²) >= 11 is 7.41. The molecule has 0 unspecified atom stereocenters. The van der Waals surface area contributed by atoms with Crippen LogP contribution < -0.4 is 29.2 Å². The van der Waals surface area contributed by atoms with Crippen molar-refractivity contribution < 1.29 is 28.5 Å². The molecule has 2 aromatic carbocycles. The van der Waals surface area contributed by atoms with Crippen LogP contribution in [0.1, 0.15) is 19.4 Å². The molecule has 0 radical (unpaired) electrons. The van der Waals surface area contributed by atoms with Gasteiger partial charge in [-0.15, -0.1) is 0 Å². The summed E-state index contributed by atoms with van der Waals surface area (Å²) in [7, 11) is 4.53. The first kappa shape index (κ1) is 24.8. The van der Waals surface area contributed by atoms with Gasteiger partial charge in [0.15, 0.2) is 16.6 Å². The third-order valence-electron chi connectivity index (χ3n) is 4.65. The molecule has 0 atom stereocenters. The fourth-order valence-corrected chi connectivity index (χ4v) is 4.21. The van der Waals surface area contributed by atoms with Crippen LogP contribution in [0.4, 0.5) is 5.69 Å². The number of anilines is 1. The topological polar surface area (TPSA) is 86.3 Å². The quantitative estimate of drug-likeness (QED) is 0.229. The van der Waals surface area contributed by atoms with Crippen LogP contribution >= 0.6 is 34.8 Å². The molecule has 1 aliphatic heterocycles. The number of thiocarbonyl (C=S) groups is 1. The number of benzene rings is 2. The summed E-state index contributed by atoms with van der Waals surface area (Å²) in [4.78, 5) is 27.3. The smallest absolute Gasteiger partial charge is 0.270 e. The lowest BCUT2D eigenvalue weighted by atomic mass is 10.1. The Morgan fingerprint density at radius 3 is 2.33 bits per heavy atom. The number of hydrogen-bond acceptors (Lipinski definition) is 7. The molecule has 10 heteroatoms. The molecule has 0 saturated carbocycles. The summed E-state index contributed by atoms with van der Waals surface area (Å²) in [5.41, 5.74) is 0.893. The molecule has 3 rings (SSSR count). The van der Waals surface area contributed by atoms with Gasteiger partial charge in [0.1, 0.15) is 17.1 Å². The lowest BCUT2D eigenvalue weighted by molar-refractivity contribution is -0.122. The van der Waals surface area contributed by atoms with Crippen molar-refractivity contribution in [2.24, 2.45) is 0 Å². The van der Waals surface area contributed by atoms with Gasteiger partial charge in [-0.3, -0.25) is 14.9 Å². The van der Waals surface area contributed by atoms with Crippen LogP contribution in [-0.2, 0) is 9.59 Å². The van der Waals surface area contributed by atoms with Crippen LogP contribution in [0.15, 0.2) is 35.9 Å².